The first kappa shape index (κ1) is 36.1. The topological polar surface area (TPSA) is 76.8 Å². The summed E-state index contributed by atoms with van der Waals surface area (Å²) in [5.41, 5.74) is 1.31. The van der Waals surface area contributed by atoms with Crippen molar-refractivity contribution in [3.05, 3.63) is 183 Å². The van der Waals surface area contributed by atoms with E-state index in [0.717, 1.165) is 0 Å². The first-order valence-corrected chi connectivity index (χ1v) is 14.3. The van der Waals surface area contributed by atoms with E-state index in [-0.39, 0.29) is 22.9 Å². The van der Waals surface area contributed by atoms with Gasteiger partial charge in [0, 0.05) is 17.1 Å². The third-order valence-corrected chi connectivity index (χ3v) is 10.2. The maximum atomic E-state index is 11.8. The zero-order valence-corrected chi connectivity index (χ0v) is 24.4. The summed E-state index contributed by atoms with van der Waals surface area (Å²) in [6, 6.07) is 52.1. The van der Waals surface area contributed by atoms with Gasteiger partial charge in [0.1, 0.15) is 5.78 Å². The Labute approximate surface area is 251 Å². The molecule has 0 fully saturated rings. The van der Waals surface area contributed by atoms with Crippen molar-refractivity contribution in [2.24, 2.45) is 0 Å². The van der Waals surface area contributed by atoms with Gasteiger partial charge in [-0.15, -0.1) is 35.9 Å². The van der Waals surface area contributed by atoms with Crippen molar-refractivity contribution in [3.8, 4) is 0 Å². The van der Waals surface area contributed by atoms with Crippen LogP contribution in [-0.2, 0) is 31.0 Å². The molecular weight excluding hydrogens is 602 g/mol. The Morgan fingerprint density at radius 1 is 0.500 bits per heavy atom. The minimum absolute atomic E-state index is 0. The van der Waals surface area contributed by atoms with Crippen LogP contribution in [0.5, 0.6) is 0 Å². The zero-order chi connectivity index (χ0) is 28.7. The van der Waals surface area contributed by atoms with Gasteiger partial charge in [-0.3, -0.25) is 0 Å². The molecule has 4 nitrogen and oxygen atoms in total. The summed E-state index contributed by atoms with van der Waals surface area (Å²) in [6.45, 7) is 13.5. The third-order valence-electron chi connectivity index (χ3n) is 5.03. The van der Waals surface area contributed by atoms with E-state index < -0.39 is 14.7 Å². The normalized spacial score (nSPS) is 8.57. The minimum atomic E-state index is -1.39. The molecular formula is C34H24AsMnO4-. The molecule has 5 aromatic carbocycles. The number of rotatable bonds is 5. The molecule has 0 N–H and O–H groups in total. The van der Waals surface area contributed by atoms with Gasteiger partial charge in [0.25, 0.3) is 0 Å². The van der Waals surface area contributed by atoms with Gasteiger partial charge in [0.15, 0.2) is 0 Å². The molecule has 0 heterocycles. The Hall–Kier alpha value is -3.93. The van der Waals surface area contributed by atoms with Crippen LogP contribution in [-0.4, -0.2) is 20.4 Å². The van der Waals surface area contributed by atoms with Crippen LogP contribution in [0.2, 0.25) is 0 Å². The molecule has 0 atom stereocenters. The Balaban J connectivity index is 0.000000646. The van der Waals surface area contributed by atoms with E-state index in [9.17, 15) is 4.79 Å². The van der Waals surface area contributed by atoms with Crippen molar-refractivity contribution < 1.29 is 35.8 Å². The SMILES string of the molecule is O=C(c1[c-]cccc1)c1ccccc1.[C-]#[O+].[C-]#[O+].[C-]#[O+].[Mn].c1ccc([As](c2ccccc2)c2ccccc2)cc1. The quantitative estimate of drug-likeness (QED) is 0.120. The number of benzene rings is 5. The predicted octanol–water partition coefficient (Wildman–Crippen LogP) is 4.81. The summed E-state index contributed by atoms with van der Waals surface area (Å²) in [7, 11) is 0. The maximum absolute atomic E-state index is 11.8. The average molecular weight is 626 g/mol. The van der Waals surface area contributed by atoms with Crippen LogP contribution >= 0.6 is 0 Å². The Kier molecular flexibility index (Phi) is 20.7. The number of carbonyl (C=O) groups is 1. The number of hydrogen-bond donors (Lipinski definition) is 0. The van der Waals surface area contributed by atoms with Crippen LogP contribution in [0.25, 0.3) is 0 Å². The van der Waals surface area contributed by atoms with Gasteiger partial charge in [-0.2, -0.15) is 0 Å². The van der Waals surface area contributed by atoms with E-state index in [4.69, 9.17) is 14.0 Å². The fraction of sp³-hybridized carbons (Fsp3) is 0. The summed E-state index contributed by atoms with van der Waals surface area (Å²) >= 11 is -1.39. The second-order valence-corrected chi connectivity index (χ2v) is 12.0. The molecule has 0 aliphatic carbocycles. The van der Waals surface area contributed by atoms with Gasteiger partial charge in [0.05, 0.1) is 0 Å². The first-order valence-electron chi connectivity index (χ1n) is 11.5. The van der Waals surface area contributed by atoms with Crippen molar-refractivity contribution in [1.29, 1.82) is 0 Å². The van der Waals surface area contributed by atoms with E-state index >= 15 is 0 Å². The molecule has 0 aliphatic heterocycles. The summed E-state index contributed by atoms with van der Waals surface area (Å²) in [6.07, 6.45) is 0. The summed E-state index contributed by atoms with van der Waals surface area (Å²) < 4.78 is 26.9. The molecule has 0 aliphatic rings. The molecule has 5 rings (SSSR count). The summed E-state index contributed by atoms with van der Waals surface area (Å²) in [4.78, 5) is 11.8. The van der Waals surface area contributed by atoms with Crippen molar-refractivity contribution >= 4 is 33.5 Å². The third kappa shape index (κ3) is 11.9. The zero-order valence-electron chi connectivity index (χ0n) is 21.3. The molecule has 6 heteroatoms. The van der Waals surface area contributed by atoms with Crippen LogP contribution in [0.3, 0.4) is 0 Å². The van der Waals surface area contributed by atoms with Gasteiger partial charge < -0.3 is 4.79 Å². The molecule has 1 radical (unpaired) electrons. The van der Waals surface area contributed by atoms with E-state index in [0.29, 0.717) is 11.1 Å². The summed E-state index contributed by atoms with van der Waals surface area (Å²) in [5, 5.41) is 0. The van der Waals surface area contributed by atoms with Gasteiger partial charge in [-0.05, 0) is 5.56 Å². The number of ketones is 1. The van der Waals surface area contributed by atoms with E-state index in [2.05, 4.69) is 117 Å². The second-order valence-electron chi connectivity index (χ2n) is 7.31. The van der Waals surface area contributed by atoms with E-state index in [1.165, 1.54) is 13.1 Å². The molecule has 0 bridgehead atoms. The monoisotopic (exact) mass is 626 g/mol. The van der Waals surface area contributed by atoms with Crippen LogP contribution < -0.4 is 13.1 Å². The molecule has 0 aromatic heterocycles. The van der Waals surface area contributed by atoms with Crippen LogP contribution in [0.1, 0.15) is 15.9 Å². The van der Waals surface area contributed by atoms with E-state index in [1.807, 2.05) is 42.5 Å². The molecule has 197 valence electrons. The average Bonchev–Trinajstić information content (AvgIpc) is 3.06. The number of hydrogen-bond acceptors (Lipinski definition) is 1. The molecule has 0 saturated carbocycles. The van der Waals surface area contributed by atoms with Crippen molar-refractivity contribution in [2.75, 3.05) is 0 Å². The standard InChI is InChI=1S/C18H15As.C13H9O.3CO.Mn/c1-4-10-16(11-5-1)19(17-12-6-2-7-13-17)18-14-8-3-9-15-18;14-13(11-7-3-1-4-8-11)12-9-5-2-6-10-12;3*1-2;/h1-15H;1-9H;;;;/q;-1;;;;. The van der Waals surface area contributed by atoms with Crippen LogP contribution in [0.15, 0.2) is 146 Å². The van der Waals surface area contributed by atoms with Crippen LogP contribution in [0, 0.1) is 26.0 Å². The molecule has 0 amide bonds. The van der Waals surface area contributed by atoms with Crippen molar-refractivity contribution in [1.82, 2.24) is 0 Å². The Bertz CT molecular complexity index is 1240. The van der Waals surface area contributed by atoms with Gasteiger partial charge in [0.2, 0.25) is 0 Å². The van der Waals surface area contributed by atoms with Gasteiger partial charge in [-0.25, -0.2) is 0 Å². The first-order chi connectivity index (χ1) is 19.3. The van der Waals surface area contributed by atoms with E-state index in [1.54, 1.807) is 12.1 Å². The van der Waals surface area contributed by atoms with Gasteiger partial charge in [-0.1, -0.05) is 30.3 Å². The molecule has 0 spiro atoms. The second kappa shape index (κ2) is 23.0. The van der Waals surface area contributed by atoms with Crippen molar-refractivity contribution in [3.63, 3.8) is 0 Å². The molecule has 0 unspecified atom stereocenters. The molecule has 0 saturated heterocycles. The summed E-state index contributed by atoms with van der Waals surface area (Å²) in [5.74, 6) is 0.0196. The Morgan fingerprint density at radius 3 is 1.15 bits per heavy atom. The fourth-order valence-corrected chi connectivity index (χ4v) is 8.29. The van der Waals surface area contributed by atoms with Gasteiger partial charge >= 0.3 is 153 Å². The molecule has 40 heavy (non-hydrogen) atoms. The van der Waals surface area contributed by atoms with Crippen molar-refractivity contribution in [2.45, 2.75) is 0 Å². The molecule has 5 aromatic rings. The van der Waals surface area contributed by atoms with Crippen LogP contribution in [0.4, 0.5) is 0 Å². The number of carbonyl (C=O) groups excluding carboxylic acids is 1. The fourth-order valence-electron chi connectivity index (χ4n) is 3.46. The predicted molar refractivity (Wildman–Crippen MR) is 151 cm³/mol. The Morgan fingerprint density at radius 2 is 0.825 bits per heavy atom.